The summed E-state index contributed by atoms with van der Waals surface area (Å²) in [5, 5.41) is 19.0. The molecule has 1 atom stereocenters. The number of amides is 1. The van der Waals surface area contributed by atoms with Crippen LogP contribution in [0, 0.1) is 0 Å². The Morgan fingerprint density at radius 3 is 1.73 bits per heavy atom. The van der Waals surface area contributed by atoms with Crippen molar-refractivity contribution in [2.45, 2.75) is 42.8 Å². The molecule has 0 bridgehead atoms. The van der Waals surface area contributed by atoms with E-state index < -0.39 is 76.8 Å². The Labute approximate surface area is 164 Å². The SMILES string of the molecule is CC(=O)NC(CS/C(=C\CO)C(F)(F)C(F)(F)C(F)(F)C(F)(F)C(F)(F)F)C(=O)O. The lowest BCUT2D eigenvalue weighted by molar-refractivity contribution is -0.417. The Morgan fingerprint density at radius 2 is 1.40 bits per heavy atom. The third kappa shape index (κ3) is 5.28. The molecule has 0 saturated heterocycles. The largest absolute Gasteiger partial charge is 0.480 e. The number of hydrogen-bond acceptors (Lipinski definition) is 4. The van der Waals surface area contributed by atoms with Crippen molar-refractivity contribution in [3.8, 4) is 0 Å². The highest BCUT2D eigenvalue weighted by atomic mass is 32.2. The lowest BCUT2D eigenvalue weighted by Gasteiger charge is -2.38. The number of rotatable bonds is 10. The molecule has 3 N–H and O–H groups in total. The van der Waals surface area contributed by atoms with Gasteiger partial charge in [-0.25, -0.2) is 4.79 Å². The van der Waals surface area contributed by atoms with Gasteiger partial charge in [-0.05, 0) is 6.08 Å². The molecule has 0 spiro atoms. The second-order valence-corrected chi connectivity index (χ2v) is 6.51. The maximum absolute atomic E-state index is 14.0. The van der Waals surface area contributed by atoms with Crippen LogP contribution < -0.4 is 5.32 Å². The van der Waals surface area contributed by atoms with Gasteiger partial charge in [0.25, 0.3) is 0 Å². The molecule has 176 valence electrons. The number of carboxylic acid groups (broad SMARTS) is 1. The van der Waals surface area contributed by atoms with E-state index in [0.717, 1.165) is 6.92 Å². The second-order valence-electron chi connectivity index (χ2n) is 5.45. The van der Waals surface area contributed by atoms with Crippen LogP contribution in [0.1, 0.15) is 6.92 Å². The minimum atomic E-state index is -7.65. The van der Waals surface area contributed by atoms with Crippen molar-refractivity contribution in [2.75, 3.05) is 12.4 Å². The standard InChI is InChI=1S/C13H12F11NO4S/c1-5(27)25-6(8(28)29)4-30-7(2-3-26)9(14,15)10(16,17)11(18,19)12(20,21)13(22,23)24/h2,6,26H,3-4H2,1H3,(H,25,27)(H,28,29)/b7-2-. The Kier molecular flexibility index (Phi) is 8.61. The number of aliphatic carboxylic acids is 1. The first-order valence-corrected chi connectivity index (χ1v) is 8.19. The number of nitrogens with one attached hydrogen (secondary N) is 1. The number of hydrogen-bond donors (Lipinski definition) is 3. The van der Waals surface area contributed by atoms with Crippen LogP contribution in [0.5, 0.6) is 0 Å². The summed E-state index contributed by atoms with van der Waals surface area (Å²) in [5.74, 6) is -33.2. The van der Waals surface area contributed by atoms with E-state index in [4.69, 9.17) is 10.2 Å². The van der Waals surface area contributed by atoms with E-state index in [1.54, 1.807) is 5.32 Å². The predicted molar refractivity (Wildman–Crippen MR) is 78.7 cm³/mol. The van der Waals surface area contributed by atoms with E-state index in [1.165, 1.54) is 0 Å². The average molecular weight is 487 g/mol. The van der Waals surface area contributed by atoms with Crippen LogP contribution in [0.2, 0.25) is 0 Å². The molecule has 17 heteroatoms. The van der Waals surface area contributed by atoms with E-state index >= 15 is 0 Å². The number of carbonyl (C=O) groups excluding carboxylic acids is 1. The molecule has 0 rings (SSSR count). The molecule has 5 nitrogen and oxygen atoms in total. The molecule has 30 heavy (non-hydrogen) atoms. The van der Waals surface area contributed by atoms with Crippen molar-refractivity contribution in [2.24, 2.45) is 0 Å². The first-order chi connectivity index (χ1) is 13.2. The van der Waals surface area contributed by atoms with Gasteiger partial charge in [-0.3, -0.25) is 4.79 Å². The van der Waals surface area contributed by atoms with Gasteiger partial charge < -0.3 is 15.5 Å². The van der Waals surface area contributed by atoms with Crippen molar-refractivity contribution < 1.29 is 68.1 Å². The number of halogens is 11. The van der Waals surface area contributed by atoms with E-state index in [1.807, 2.05) is 0 Å². The Bertz CT molecular complexity index is 678. The summed E-state index contributed by atoms with van der Waals surface area (Å²) >= 11 is -0.691. The van der Waals surface area contributed by atoms with Crippen molar-refractivity contribution in [1.82, 2.24) is 5.32 Å². The molecule has 0 aliphatic heterocycles. The van der Waals surface area contributed by atoms with E-state index in [-0.39, 0.29) is 6.08 Å². The molecule has 0 aromatic carbocycles. The third-order valence-corrected chi connectivity index (χ3v) is 4.44. The summed E-state index contributed by atoms with van der Waals surface area (Å²) in [5.41, 5.74) is 0. The van der Waals surface area contributed by atoms with Crippen molar-refractivity contribution in [3.63, 3.8) is 0 Å². The molecule has 0 radical (unpaired) electrons. The highest BCUT2D eigenvalue weighted by molar-refractivity contribution is 8.03. The monoisotopic (exact) mass is 487 g/mol. The average Bonchev–Trinajstić information content (AvgIpc) is 2.54. The number of alkyl halides is 11. The van der Waals surface area contributed by atoms with Gasteiger partial charge in [-0.15, -0.1) is 11.8 Å². The van der Waals surface area contributed by atoms with Crippen molar-refractivity contribution in [1.29, 1.82) is 0 Å². The van der Waals surface area contributed by atoms with Crippen LogP contribution in [-0.2, 0) is 9.59 Å². The highest BCUT2D eigenvalue weighted by Crippen LogP contribution is 2.59. The first-order valence-electron chi connectivity index (χ1n) is 7.20. The van der Waals surface area contributed by atoms with Crippen LogP contribution in [0.4, 0.5) is 48.3 Å². The molecule has 1 amide bonds. The van der Waals surface area contributed by atoms with Gasteiger partial charge in [0.1, 0.15) is 6.04 Å². The van der Waals surface area contributed by atoms with Crippen LogP contribution in [0.3, 0.4) is 0 Å². The maximum atomic E-state index is 14.0. The Hall–Kier alpha value is -1.78. The van der Waals surface area contributed by atoms with Crippen molar-refractivity contribution in [3.05, 3.63) is 11.0 Å². The lowest BCUT2D eigenvalue weighted by Crippen LogP contribution is -2.66. The van der Waals surface area contributed by atoms with E-state index in [0.29, 0.717) is 0 Å². The third-order valence-electron chi connectivity index (χ3n) is 3.21. The van der Waals surface area contributed by atoms with E-state index in [9.17, 15) is 57.9 Å². The Balaban J connectivity index is 6.13. The van der Waals surface area contributed by atoms with Gasteiger partial charge in [0.15, 0.2) is 0 Å². The molecule has 0 saturated carbocycles. The molecular formula is C13H12F11NO4S. The van der Waals surface area contributed by atoms with Crippen LogP contribution in [-0.4, -0.2) is 70.4 Å². The van der Waals surface area contributed by atoms with Gasteiger partial charge in [0, 0.05) is 12.7 Å². The molecule has 1 unspecified atom stereocenters. The molecule has 0 heterocycles. The summed E-state index contributed by atoms with van der Waals surface area (Å²) < 4.78 is 144. The van der Waals surface area contributed by atoms with Crippen molar-refractivity contribution >= 4 is 23.6 Å². The zero-order valence-electron chi connectivity index (χ0n) is 14.3. The summed E-state index contributed by atoms with van der Waals surface area (Å²) in [6, 6.07) is -2.07. The van der Waals surface area contributed by atoms with Gasteiger partial charge in [-0.2, -0.15) is 48.3 Å². The quantitative estimate of drug-likeness (QED) is 0.412. The first kappa shape index (κ1) is 28.2. The number of carboxylic acids is 1. The summed E-state index contributed by atoms with van der Waals surface area (Å²) in [7, 11) is 0. The number of thioether (sulfide) groups is 1. The predicted octanol–water partition coefficient (Wildman–Crippen LogP) is 3.29. The molecule has 0 aliphatic rings. The molecule has 0 aliphatic carbocycles. The fourth-order valence-electron chi connectivity index (χ4n) is 1.68. The molecule has 0 aromatic heterocycles. The zero-order chi connectivity index (χ0) is 24.3. The van der Waals surface area contributed by atoms with Gasteiger partial charge in [0.2, 0.25) is 5.91 Å². The fourth-order valence-corrected chi connectivity index (χ4v) is 2.75. The minimum Gasteiger partial charge on any atom is -0.480 e. The van der Waals surface area contributed by atoms with Crippen LogP contribution in [0.15, 0.2) is 11.0 Å². The van der Waals surface area contributed by atoms with Gasteiger partial charge in [0.05, 0.1) is 11.5 Å². The molecular weight excluding hydrogens is 475 g/mol. The topological polar surface area (TPSA) is 86.6 Å². The second kappa shape index (κ2) is 9.15. The number of allylic oxidation sites excluding steroid dienone is 1. The normalized spacial score (nSPS) is 15.7. The molecule has 0 fully saturated rings. The fraction of sp³-hybridized carbons (Fsp3) is 0.692. The van der Waals surface area contributed by atoms with E-state index in [2.05, 4.69) is 0 Å². The molecule has 0 aromatic rings. The Morgan fingerprint density at radius 1 is 0.933 bits per heavy atom. The highest BCUT2D eigenvalue weighted by Gasteiger charge is 2.87. The smallest absolute Gasteiger partial charge is 0.460 e. The zero-order valence-corrected chi connectivity index (χ0v) is 15.2. The minimum absolute atomic E-state index is 0.312. The number of aliphatic hydroxyl groups is 1. The number of carbonyl (C=O) groups is 2. The number of aliphatic hydroxyl groups excluding tert-OH is 1. The van der Waals surface area contributed by atoms with Gasteiger partial charge >= 0.3 is 35.8 Å². The lowest BCUT2D eigenvalue weighted by atomic mass is 9.97. The van der Waals surface area contributed by atoms with Crippen LogP contribution in [0.25, 0.3) is 0 Å². The summed E-state index contributed by atoms with van der Waals surface area (Å²) in [6.45, 7) is -0.833. The maximum Gasteiger partial charge on any atom is 0.460 e. The summed E-state index contributed by atoms with van der Waals surface area (Å²) in [6.07, 6.45) is -7.64. The summed E-state index contributed by atoms with van der Waals surface area (Å²) in [4.78, 5) is 19.4. The van der Waals surface area contributed by atoms with Gasteiger partial charge in [-0.1, -0.05) is 0 Å². The van der Waals surface area contributed by atoms with Crippen LogP contribution >= 0.6 is 11.8 Å².